The monoisotopic (exact) mass is 99.0 g/mol. The van der Waals surface area contributed by atoms with Crippen LogP contribution >= 0.6 is 11.8 Å². The van der Waals surface area contributed by atoms with Crippen LogP contribution in [0.3, 0.4) is 0 Å². The molecule has 0 saturated heterocycles. The summed E-state index contributed by atoms with van der Waals surface area (Å²) in [6.45, 7) is 0. The maximum atomic E-state index is 7.87. The molecule has 0 unspecified atom stereocenters. The van der Waals surface area contributed by atoms with Gasteiger partial charge >= 0.3 is 0 Å². The molecule has 3 heteroatoms. The Morgan fingerprint density at radius 3 is 2.83 bits per heavy atom. The van der Waals surface area contributed by atoms with Gasteiger partial charge in [0.1, 0.15) is 11.7 Å². The lowest BCUT2D eigenvalue weighted by atomic mass is 11.3. The second-order valence-corrected chi connectivity index (χ2v) is 1.54. The van der Waals surface area contributed by atoms with Crippen LogP contribution in [0.15, 0.2) is 11.4 Å². The topological polar surface area (TPSA) is 36.3 Å². The van der Waals surface area contributed by atoms with E-state index in [1.807, 2.05) is 5.40 Å². The first-order valence-corrected chi connectivity index (χ1v) is 2.18. The van der Waals surface area contributed by atoms with Gasteiger partial charge in [0.05, 0.1) is 0 Å². The van der Waals surface area contributed by atoms with Crippen molar-refractivity contribution < 1.29 is 4.74 Å². The molecule has 0 atom stereocenters. The van der Waals surface area contributed by atoms with E-state index in [4.69, 9.17) is 5.26 Å². The minimum absolute atomic E-state index is 0.720. The van der Waals surface area contributed by atoms with E-state index in [-0.39, 0.29) is 0 Å². The second-order valence-electron chi connectivity index (χ2n) is 0.748. The van der Waals surface area contributed by atoms with E-state index in [9.17, 15) is 0 Å². The maximum Gasteiger partial charge on any atom is 0.209 e. The van der Waals surface area contributed by atoms with Crippen molar-refractivity contribution in [2.75, 3.05) is 0 Å². The molecule has 30 valence electrons. The third-order valence-electron chi connectivity index (χ3n) is 0.360. The van der Waals surface area contributed by atoms with E-state index in [1.165, 1.54) is 6.26 Å². The Morgan fingerprint density at radius 1 is 2.00 bits per heavy atom. The lowest BCUT2D eigenvalue weighted by molar-refractivity contribution is 0.531. The SMILES string of the molecule is N#CSC1=CO1. The zero-order chi connectivity index (χ0) is 4.41. The van der Waals surface area contributed by atoms with Crippen LogP contribution in [0.1, 0.15) is 0 Å². The van der Waals surface area contributed by atoms with E-state index in [1.54, 1.807) is 0 Å². The van der Waals surface area contributed by atoms with Crippen LogP contribution in [0, 0.1) is 10.7 Å². The Kier molecular flexibility index (Phi) is 0.731. The molecule has 1 heterocycles. The summed E-state index contributed by atoms with van der Waals surface area (Å²) in [5, 5.41) is 10.4. The van der Waals surface area contributed by atoms with Gasteiger partial charge in [0.25, 0.3) is 0 Å². The zero-order valence-corrected chi connectivity index (χ0v) is 3.66. The van der Waals surface area contributed by atoms with Gasteiger partial charge in [-0.2, -0.15) is 5.26 Å². The highest BCUT2D eigenvalue weighted by Gasteiger charge is 2.08. The van der Waals surface area contributed by atoms with Gasteiger partial charge < -0.3 is 4.74 Å². The fourth-order valence-electron chi connectivity index (χ4n) is 0.117. The van der Waals surface area contributed by atoms with Gasteiger partial charge in [0.2, 0.25) is 5.09 Å². The summed E-state index contributed by atoms with van der Waals surface area (Å²) in [4.78, 5) is 0. The van der Waals surface area contributed by atoms with Crippen LogP contribution in [0.25, 0.3) is 0 Å². The summed E-state index contributed by atoms with van der Waals surface area (Å²) < 4.78 is 4.48. The van der Waals surface area contributed by atoms with Crippen LogP contribution in [-0.2, 0) is 4.74 Å². The molecule has 0 radical (unpaired) electrons. The Hall–Kier alpha value is -0.620. The summed E-state index contributed by atoms with van der Waals surface area (Å²) in [7, 11) is 0. The molecule has 0 N–H and O–H groups in total. The summed E-state index contributed by atoms with van der Waals surface area (Å²) in [6, 6.07) is 0. The van der Waals surface area contributed by atoms with Crippen molar-refractivity contribution in [1.82, 2.24) is 0 Å². The van der Waals surface area contributed by atoms with Gasteiger partial charge in [-0.05, 0) is 0 Å². The largest absolute Gasteiger partial charge is 0.449 e. The van der Waals surface area contributed by atoms with E-state index < -0.39 is 0 Å². The molecule has 0 aromatic rings. The predicted molar refractivity (Wildman–Crippen MR) is 22.4 cm³/mol. The van der Waals surface area contributed by atoms with Crippen LogP contribution in [0.4, 0.5) is 0 Å². The lowest BCUT2D eigenvalue weighted by Crippen LogP contribution is -1.41. The lowest BCUT2D eigenvalue weighted by Gasteiger charge is -1.63. The first kappa shape index (κ1) is 3.57. The molecular weight excluding hydrogens is 98.1 g/mol. The molecule has 0 aromatic heterocycles. The van der Waals surface area contributed by atoms with Gasteiger partial charge in [0, 0.05) is 11.8 Å². The molecule has 0 bridgehead atoms. The average molecular weight is 99.1 g/mol. The zero-order valence-electron chi connectivity index (χ0n) is 2.84. The molecule has 1 aliphatic heterocycles. The van der Waals surface area contributed by atoms with Crippen LogP contribution < -0.4 is 0 Å². The van der Waals surface area contributed by atoms with Crippen LogP contribution in [-0.4, -0.2) is 0 Å². The predicted octanol–water partition coefficient (Wildman–Crippen LogP) is 1.03. The van der Waals surface area contributed by atoms with Crippen molar-refractivity contribution in [1.29, 1.82) is 5.26 Å². The fraction of sp³-hybridized carbons (Fsp3) is 0. The molecule has 2 nitrogen and oxygen atoms in total. The van der Waals surface area contributed by atoms with Gasteiger partial charge in [-0.15, -0.1) is 0 Å². The Balaban J connectivity index is 2.22. The molecule has 0 amide bonds. The highest BCUT2D eigenvalue weighted by molar-refractivity contribution is 8.07. The standard InChI is InChI=1S/C3HNOS/c4-2-6-3-1-5-3/h1H. The van der Waals surface area contributed by atoms with Gasteiger partial charge in [-0.3, -0.25) is 0 Å². The average Bonchev–Trinajstić information content (AvgIpc) is 2.21. The molecule has 1 rings (SSSR count). The molecular formula is C3HNOS. The van der Waals surface area contributed by atoms with Crippen molar-refractivity contribution >= 4 is 11.8 Å². The van der Waals surface area contributed by atoms with Gasteiger partial charge in [-0.1, -0.05) is 0 Å². The molecule has 0 aromatic carbocycles. The Bertz CT molecular complexity index is 123. The summed E-state index contributed by atoms with van der Waals surface area (Å²) >= 11 is 1.04. The van der Waals surface area contributed by atoms with Crippen LogP contribution in [0.2, 0.25) is 0 Å². The number of hydrogen-bond acceptors (Lipinski definition) is 3. The van der Waals surface area contributed by atoms with E-state index in [0.717, 1.165) is 16.9 Å². The van der Waals surface area contributed by atoms with Crippen LogP contribution in [0.5, 0.6) is 0 Å². The van der Waals surface area contributed by atoms with Crippen molar-refractivity contribution in [3.8, 4) is 5.40 Å². The number of thiocyanates is 1. The van der Waals surface area contributed by atoms with Crippen molar-refractivity contribution in [3.05, 3.63) is 11.4 Å². The molecule has 0 aliphatic carbocycles. The van der Waals surface area contributed by atoms with Crippen molar-refractivity contribution in [3.63, 3.8) is 0 Å². The summed E-state index contributed by atoms with van der Waals surface area (Å²) in [6.07, 6.45) is 1.54. The molecule has 6 heavy (non-hydrogen) atoms. The van der Waals surface area contributed by atoms with E-state index >= 15 is 0 Å². The third kappa shape index (κ3) is 0.661. The third-order valence-corrected chi connectivity index (χ3v) is 0.845. The number of nitrogens with zero attached hydrogens (tertiary/aromatic N) is 1. The van der Waals surface area contributed by atoms with Gasteiger partial charge in [0.15, 0.2) is 0 Å². The van der Waals surface area contributed by atoms with Gasteiger partial charge in [-0.25, -0.2) is 0 Å². The smallest absolute Gasteiger partial charge is 0.209 e. The first-order valence-electron chi connectivity index (χ1n) is 1.36. The Labute approximate surface area is 39.4 Å². The highest BCUT2D eigenvalue weighted by Crippen LogP contribution is 2.25. The normalized spacial score (nSPS) is 14.2. The highest BCUT2D eigenvalue weighted by atomic mass is 32.2. The number of ether oxygens (including phenoxy) is 1. The fourth-order valence-corrected chi connectivity index (χ4v) is 0.351. The first-order chi connectivity index (χ1) is 2.93. The Morgan fingerprint density at radius 2 is 2.67 bits per heavy atom. The molecule has 0 spiro atoms. The quantitative estimate of drug-likeness (QED) is 0.460. The number of nitriles is 1. The van der Waals surface area contributed by atoms with Crippen molar-refractivity contribution in [2.24, 2.45) is 0 Å². The maximum absolute atomic E-state index is 7.87. The number of hydrogen-bond donors (Lipinski definition) is 0. The molecule has 0 fully saturated rings. The summed E-state index contributed by atoms with van der Waals surface area (Å²) in [5.41, 5.74) is 0. The molecule has 1 aliphatic rings. The minimum atomic E-state index is 0.720. The number of rotatable bonds is 1. The van der Waals surface area contributed by atoms with E-state index in [0.29, 0.717) is 0 Å². The summed E-state index contributed by atoms with van der Waals surface area (Å²) in [5.74, 6) is 0. The molecule has 0 saturated carbocycles. The van der Waals surface area contributed by atoms with E-state index in [2.05, 4.69) is 4.74 Å². The number of thioether (sulfide) groups is 1. The second kappa shape index (κ2) is 1.23. The van der Waals surface area contributed by atoms with Crippen molar-refractivity contribution in [2.45, 2.75) is 0 Å². The minimum Gasteiger partial charge on any atom is -0.449 e.